The Morgan fingerprint density at radius 2 is 2.15 bits per heavy atom. The van der Waals surface area contributed by atoms with Crippen molar-refractivity contribution >= 4 is 33.8 Å². The molecule has 1 atom stereocenters. The SMILES string of the molecule is CN(C)C(=O)C1CCCN1C(=O)/C=C/c1ccc(-n2cc(Br)cn2)c(F)c1. The Bertz CT molecular complexity index is 894. The van der Waals surface area contributed by atoms with Crippen LogP contribution in [0.15, 0.2) is 41.1 Å². The van der Waals surface area contributed by atoms with Crippen molar-refractivity contribution in [3.05, 3.63) is 52.5 Å². The third-order valence-electron chi connectivity index (χ3n) is 4.45. The molecule has 0 radical (unpaired) electrons. The molecule has 1 saturated heterocycles. The zero-order chi connectivity index (χ0) is 19.6. The lowest BCUT2D eigenvalue weighted by molar-refractivity contribution is -0.139. The molecule has 1 aliphatic rings. The van der Waals surface area contributed by atoms with Crippen molar-refractivity contribution in [3.63, 3.8) is 0 Å². The summed E-state index contributed by atoms with van der Waals surface area (Å²) in [5.41, 5.74) is 0.880. The maximum atomic E-state index is 14.4. The van der Waals surface area contributed by atoms with Crippen molar-refractivity contribution in [3.8, 4) is 5.69 Å². The van der Waals surface area contributed by atoms with Crippen LogP contribution in [-0.2, 0) is 9.59 Å². The van der Waals surface area contributed by atoms with Gasteiger partial charge in [-0.25, -0.2) is 9.07 Å². The molecule has 6 nitrogen and oxygen atoms in total. The second kappa shape index (κ2) is 8.04. The molecule has 1 unspecified atom stereocenters. The molecule has 0 bridgehead atoms. The van der Waals surface area contributed by atoms with E-state index in [4.69, 9.17) is 0 Å². The van der Waals surface area contributed by atoms with Crippen molar-refractivity contribution in [2.45, 2.75) is 18.9 Å². The van der Waals surface area contributed by atoms with Crippen LogP contribution >= 0.6 is 15.9 Å². The van der Waals surface area contributed by atoms with Gasteiger partial charge in [0.05, 0.1) is 10.7 Å². The number of aromatic nitrogens is 2. The van der Waals surface area contributed by atoms with Crippen LogP contribution in [-0.4, -0.2) is 58.1 Å². The minimum absolute atomic E-state index is 0.0740. The minimum atomic E-state index is -0.443. The summed E-state index contributed by atoms with van der Waals surface area (Å²) in [7, 11) is 3.36. The van der Waals surface area contributed by atoms with Crippen LogP contribution < -0.4 is 0 Å². The molecule has 0 saturated carbocycles. The van der Waals surface area contributed by atoms with Gasteiger partial charge in [-0.3, -0.25) is 9.59 Å². The van der Waals surface area contributed by atoms with Gasteiger partial charge in [0.1, 0.15) is 17.5 Å². The largest absolute Gasteiger partial charge is 0.347 e. The van der Waals surface area contributed by atoms with Gasteiger partial charge in [-0.1, -0.05) is 6.07 Å². The highest BCUT2D eigenvalue weighted by atomic mass is 79.9. The minimum Gasteiger partial charge on any atom is -0.347 e. The van der Waals surface area contributed by atoms with E-state index >= 15 is 0 Å². The molecule has 8 heteroatoms. The lowest BCUT2D eigenvalue weighted by atomic mass is 10.1. The number of nitrogens with zero attached hydrogens (tertiary/aromatic N) is 4. The molecule has 1 fully saturated rings. The highest BCUT2D eigenvalue weighted by Crippen LogP contribution is 2.21. The predicted molar refractivity (Wildman–Crippen MR) is 104 cm³/mol. The Morgan fingerprint density at radius 1 is 1.37 bits per heavy atom. The van der Waals surface area contributed by atoms with E-state index in [2.05, 4.69) is 21.0 Å². The molecule has 1 aliphatic heterocycles. The van der Waals surface area contributed by atoms with E-state index in [0.29, 0.717) is 24.2 Å². The van der Waals surface area contributed by atoms with E-state index in [9.17, 15) is 14.0 Å². The van der Waals surface area contributed by atoms with Gasteiger partial charge in [-0.15, -0.1) is 0 Å². The predicted octanol–water partition coefficient (Wildman–Crippen LogP) is 2.87. The van der Waals surface area contributed by atoms with Crippen LogP contribution in [0.25, 0.3) is 11.8 Å². The van der Waals surface area contributed by atoms with Crippen LogP contribution in [0.2, 0.25) is 0 Å². The van der Waals surface area contributed by atoms with Gasteiger partial charge in [0.25, 0.3) is 0 Å². The Kier molecular flexibility index (Phi) is 5.74. The Balaban J connectivity index is 1.73. The summed E-state index contributed by atoms with van der Waals surface area (Å²) in [5.74, 6) is -0.759. The first-order chi connectivity index (χ1) is 12.9. The number of benzene rings is 1. The van der Waals surface area contributed by atoms with E-state index in [1.807, 2.05) is 0 Å². The molecule has 2 heterocycles. The summed E-state index contributed by atoms with van der Waals surface area (Å²) in [6.45, 7) is 0.550. The summed E-state index contributed by atoms with van der Waals surface area (Å²) in [5, 5.41) is 4.06. The monoisotopic (exact) mass is 434 g/mol. The van der Waals surface area contributed by atoms with Gasteiger partial charge >= 0.3 is 0 Å². The standard InChI is InChI=1S/C19H20BrFN4O2/c1-23(2)19(27)17-4-3-9-24(17)18(26)8-6-13-5-7-16(15(21)10-13)25-12-14(20)11-22-25/h5-8,10-12,17H,3-4,9H2,1-2H3/b8-6+. The second-order valence-electron chi connectivity index (χ2n) is 6.57. The number of likely N-dealkylation sites (N-methyl/N-ethyl adjacent to an activating group) is 1. The second-order valence-corrected chi connectivity index (χ2v) is 7.49. The molecule has 1 aromatic heterocycles. The third kappa shape index (κ3) is 4.27. The fraction of sp³-hybridized carbons (Fsp3) is 0.316. The summed E-state index contributed by atoms with van der Waals surface area (Å²) in [4.78, 5) is 27.8. The molecule has 2 amide bonds. The molecule has 3 rings (SSSR count). The fourth-order valence-electron chi connectivity index (χ4n) is 3.09. The first-order valence-corrected chi connectivity index (χ1v) is 9.36. The Hall–Kier alpha value is -2.48. The van der Waals surface area contributed by atoms with Crippen LogP contribution in [0.1, 0.15) is 18.4 Å². The van der Waals surface area contributed by atoms with Gasteiger partial charge in [0.15, 0.2) is 0 Å². The Labute approximate surface area is 165 Å². The highest BCUT2D eigenvalue weighted by Gasteiger charge is 2.33. The average Bonchev–Trinajstić information content (AvgIpc) is 3.28. The van der Waals surface area contributed by atoms with E-state index in [0.717, 1.165) is 10.9 Å². The van der Waals surface area contributed by atoms with Gasteiger partial charge in [0.2, 0.25) is 11.8 Å². The van der Waals surface area contributed by atoms with E-state index in [1.54, 1.807) is 49.6 Å². The van der Waals surface area contributed by atoms with Gasteiger partial charge < -0.3 is 9.80 Å². The van der Waals surface area contributed by atoms with Crippen molar-refractivity contribution in [1.82, 2.24) is 19.6 Å². The third-order valence-corrected chi connectivity index (χ3v) is 4.86. The molecule has 0 spiro atoms. The van der Waals surface area contributed by atoms with Crippen LogP contribution in [0.4, 0.5) is 4.39 Å². The maximum absolute atomic E-state index is 14.4. The number of carbonyl (C=O) groups is 2. The highest BCUT2D eigenvalue weighted by molar-refractivity contribution is 9.10. The van der Waals surface area contributed by atoms with E-state index in [-0.39, 0.29) is 11.8 Å². The van der Waals surface area contributed by atoms with Crippen LogP contribution in [0, 0.1) is 5.82 Å². The Morgan fingerprint density at radius 3 is 2.78 bits per heavy atom. The first kappa shape index (κ1) is 19.3. The topological polar surface area (TPSA) is 58.4 Å². The van der Waals surface area contributed by atoms with Crippen LogP contribution in [0.3, 0.4) is 0 Å². The smallest absolute Gasteiger partial charge is 0.247 e. The number of hydrogen-bond donors (Lipinski definition) is 0. The number of amides is 2. The average molecular weight is 435 g/mol. The van der Waals surface area contributed by atoms with Crippen molar-refractivity contribution < 1.29 is 14.0 Å². The normalized spacial score (nSPS) is 16.9. The molecule has 0 N–H and O–H groups in total. The fourth-order valence-corrected chi connectivity index (χ4v) is 3.38. The zero-order valence-corrected chi connectivity index (χ0v) is 16.7. The van der Waals surface area contributed by atoms with Crippen molar-refractivity contribution in [2.24, 2.45) is 0 Å². The molecule has 0 aliphatic carbocycles. The molecule has 27 heavy (non-hydrogen) atoms. The number of carbonyl (C=O) groups excluding carboxylic acids is 2. The molecular weight excluding hydrogens is 415 g/mol. The quantitative estimate of drug-likeness (QED) is 0.695. The maximum Gasteiger partial charge on any atom is 0.247 e. The van der Waals surface area contributed by atoms with E-state index in [1.165, 1.54) is 21.7 Å². The molecular formula is C19H20BrFN4O2. The summed E-state index contributed by atoms with van der Waals surface area (Å²) in [6, 6.07) is 4.24. The first-order valence-electron chi connectivity index (χ1n) is 8.57. The van der Waals surface area contributed by atoms with Crippen molar-refractivity contribution in [1.29, 1.82) is 0 Å². The van der Waals surface area contributed by atoms with Gasteiger partial charge in [-0.2, -0.15) is 5.10 Å². The van der Waals surface area contributed by atoms with Crippen LogP contribution in [0.5, 0.6) is 0 Å². The van der Waals surface area contributed by atoms with E-state index < -0.39 is 11.9 Å². The molecule has 142 valence electrons. The zero-order valence-electron chi connectivity index (χ0n) is 15.1. The van der Waals surface area contributed by atoms with Crippen molar-refractivity contribution in [2.75, 3.05) is 20.6 Å². The summed E-state index contributed by atoms with van der Waals surface area (Å²) in [6.07, 6.45) is 7.65. The molecule has 2 aromatic rings. The molecule has 1 aromatic carbocycles. The lowest BCUT2D eigenvalue weighted by Crippen LogP contribution is -2.44. The van der Waals surface area contributed by atoms with Gasteiger partial charge in [0, 0.05) is 32.9 Å². The number of likely N-dealkylation sites (tertiary alicyclic amines) is 1. The number of halogens is 2. The lowest BCUT2D eigenvalue weighted by Gasteiger charge is -2.25. The summed E-state index contributed by atoms with van der Waals surface area (Å²) < 4.78 is 16.6. The summed E-state index contributed by atoms with van der Waals surface area (Å²) >= 11 is 3.28. The van der Waals surface area contributed by atoms with Gasteiger partial charge in [-0.05, 0) is 52.5 Å². The number of rotatable bonds is 4. The number of hydrogen-bond acceptors (Lipinski definition) is 3.